The van der Waals surface area contributed by atoms with Crippen LogP contribution in [0.25, 0.3) is 0 Å². The lowest BCUT2D eigenvalue weighted by Gasteiger charge is -2.16. The summed E-state index contributed by atoms with van der Waals surface area (Å²) >= 11 is 0. The molecule has 0 aliphatic carbocycles. The lowest BCUT2D eigenvalue weighted by Crippen LogP contribution is -2.37. The summed E-state index contributed by atoms with van der Waals surface area (Å²) in [4.78, 5) is 14.5. The highest BCUT2D eigenvalue weighted by atomic mass is 16.1. The van der Waals surface area contributed by atoms with Crippen molar-refractivity contribution < 1.29 is 4.79 Å². The van der Waals surface area contributed by atoms with E-state index in [1.807, 2.05) is 37.3 Å². The molecular formula is C20H25N3O. The van der Waals surface area contributed by atoms with Gasteiger partial charge in [-0.1, -0.05) is 48.0 Å². The van der Waals surface area contributed by atoms with E-state index in [2.05, 4.69) is 39.8 Å². The number of amides is 1. The summed E-state index contributed by atoms with van der Waals surface area (Å²) in [6, 6.07) is 18.8. The highest BCUT2D eigenvalue weighted by molar-refractivity contribution is 5.92. The molecule has 126 valence electrons. The van der Waals surface area contributed by atoms with E-state index in [9.17, 15) is 4.79 Å². The Morgan fingerprint density at radius 1 is 1.12 bits per heavy atom. The van der Waals surface area contributed by atoms with Crippen LogP contribution in [-0.2, 0) is 11.3 Å². The maximum absolute atomic E-state index is 12.0. The molecule has 2 aromatic rings. The molecule has 0 aromatic heterocycles. The number of carbonyl (C=O) groups is 1. The van der Waals surface area contributed by atoms with E-state index in [0.717, 1.165) is 31.7 Å². The van der Waals surface area contributed by atoms with Crippen molar-refractivity contribution in [2.45, 2.75) is 25.9 Å². The molecule has 0 bridgehead atoms. The first kappa shape index (κ1) is 16.7. The summed E-state index contributed by atoms with van der Waals surface area (Å²) in [6.45, 7) is 5.44. The predicted molar refractivity (Wildman–Crippen MR) is 97.9 cm³/mol. The minimum Gasteiger partial charge on any atom is -0.325 e. The number of nitrogens with one attached hydrogen (secondary N) is 2. The van der Waals surface area contributed by atoms with Gasteiger partial charge in [-0.3, -0.25) is 9.69 Å². The fraction of sp³-hybridized carbons (Fsp3) is 0.350. The van der Waals surface area contributed by atoms with Gasteiger partial charge in [0.15, 0.2) is 0 Å². The number of aryl methyl sites for hydroxylation is 1. The van der Waals surface area contributed by atoms with Crippen molar-refractivity contribution in [3.05, 3.63) is 65.7 Å². The third-order valence-electron chi connectivity index (χ3n) is 4.41. The second-order valence-corrected chi connectivity index (χ2v) is 6.50. The van der Waals surface area contributed by atoms with E-state index >= 15 is 0 Å². The quantitative estimate of drug-likeness (QED) is 0.859. The van der Waals surface area contributed by atoms with Gasteiger partial charge in [-0.15, -0.1) is 0 Å². The number of likely N-dealkylation sites (tertiary alicyclic amines) is 1. The van der Waals surface area contributed by atoms with Gasteiger partial charge in [0.1, 0.15) is 0 Å². The Morgan fingerprint density at radius 3 is 2.62 bits per heavy atom. The Bertz CT molecular complexity index is 654. The minimum atomic E-state index is 0.0142. The molecule has 0 saturated carbocycles. The van der Waals surface area contributed by atoms with Crippen molar-refractivity contribution in [1.29, 1.82) is 0 Å². The lowest BCUT2D eigenvalue weighted by atomic mass is 10.2. The minimum absolute atomic E-state index is 0.0142. The molecule has 0 spiro atoms. The average Bonchev–Trinajstić information content (AvgIpc) is 3.03. The van der Waals surface area contributed by atoms with Crippen LogP contribution in [-0.4, -0.2) is 36.5 Å². The highest BCUT2D eigenvalue weighted by Gasteiger charge is 2.22. The van der Waals surface area contributed by atoms with E-state index in [4.69, 9.17) is 0 Å². The smallest absolute Gasteiger partial charge is 0.238 e. The Labute approximate surface area is 143 Å². The van der Waals surface area contributed by atoms with E-state index in [1.165, 1.54) is 11.1 Å². The predicted octanol–water partition coefficient (Wildman–Crippen LogP) is 2.80. The van der Waals surface area contributed by atoms with Crippen LogP contribution in [0.15, 0.2) is 54.6 Å². The Balaban J connectivity index is 1.39. The van der Waals surface area contributed by atoms with Crippen LogP contribution in [0, 0.1) is 6.92 Å². The van der Waals surface area contributed by atoms with Crippen molar-refractivity contribution in [3.8, 4) is 0 Å². The van der Waals surface area contributed by atoms with Gasteiger partial charge in [0.25, 0.3) is 0 Å². The van der Waals surface area contributed by atoms with Crippen molar-refractivity contribution in [2.75, 3.05) is 25.0 Å². The number of hydrogen-bond donors (Lipinski definition) is 2. The van der Waals surface area contributed by atoms with E-state index in [1.54, 1.807) is 0 Å². The van der Waals surface area contributed by atoms with E-state index in [-0.39, 0.29) is 5.91 Å². The van der Waals surface area contributed by atoms with E-state index < -0.39 is 0 Å². The van der Waals surface area contributed by atoms with Gasteiger partial charge in [-0.05, 0) is 31.0 Å². The second kappa shape index (κ2) is 8.08. The maximum atomic E-state index is 12.0. The molecule has 0 radical (unpaired) electrons. The van der Waals surface area contributed by atoms with Gasteiger partial charge in [-0.25, -0.2) is 0 Å². The molecule has 2 N–H and O–H groups in total. The van der Waals surface area contributed by atoms with Crippen molar-refractivity contribution in [1.82, 2.24) is 10.2 Å². The van der Waals surface area contributed by atoms with Crippen molar-refractivity contribution in [3.63, 3.8) is 0 Å². The molecule has 3 rings (SSSR count). The molecular weight excluding hydrogens is 298 g/mol. The van der Waals surface area contributed by atoms with Crippen LogP contribution >= 0.6 is 0 Å². The fourth-order valence-electron chi connectivity index (χ4n) is 3.06. The van der Waals surface area contributed by atoms with Crippen LogP contribution in [0.3, 0.4) is 0 Å². The summed E-state index contributed by atoms with van der Waals surface area (Å²) in [5, 5.41) is 6.30. The highest BCUT2D eigenvalue weighted by Crippen LogP contribution is 2.13. The molecule has 4 nitrogen and oxygen atoms in total. The SMILES string of the molecule is Cc1ccc(NC(=O)CN[C@@H]2CCN(Cc3ccccc3)C2)cc1. The average molecular weight is 323 g/mol. The molecule has 24 heavy (non-hydrogen) atoms. The summed E-state index contributed by atoms with van der Waals surface area (Å²) in [5.74, 6) is 0.0142. The number of nitrogens with zero attached hydrogens (tertiary/aromatic N) is 1. The summed E-state index contributed by atoms with van der Waals surface area (Å²) in [7, 11) is 0. The molecule has 1 aliphatic heterocycles. The van der Waals surface area contributed by atoms with E-state index in [0.29, 0.717) is 12.6 Å². The van der Waals surface area contributed by atoms with Crippen LogP contribution in [0.1, 0.15) is 17.5 Å². The topological polar surface area (TPSA) is 44.4 Å². The molecule has 4 heteroatoms. The number of carbonyl (C=O) groups excluding carboxylic acids is 1. The van der Waals surface area contributed by atoms with Crippen LogP contribution in [0.4, 0.5) is 5.69 Å². The molecule has 1 fully saturated rings. The molecule has 1 amide bonds. The van der Waals surface area contributed by atoms with Gasteiger partial charge < -0.3 is 10.6 Å². The second-order valence-electron chi connectivity index (χ2n) is 6.50. The number of rotatable bonds is 6. The summed E-state index contributed by atoms with van der Waals surface area (Å²) < 4.78 is 0. The van der Waals surface area contributed by atoms with Gasteiger partial charge in [0, 0.05) is 31.4 Å². The summed E-state index contributed by atoms with van der Waals surface area (Å²) in [5.41, 5.74) is 3.38. The molecule has 2 aromatic carbocycles. The molecule has 1 atom stereocenters. The van der Waals surface area contributed by atoms with Crippen LogP contribution in [0.2, 0.25) is 0 Å². The van der Waals surface area contributed by atoms with Crippen LogP contribution in [0.5, 0.6) is 0 Å². The Hall–Kier alpha value is -2.17. The zero-order valence-electron chi connectivity index (χ0n) is 14.2. The first-order valence-corrected chi connectivity index (χ1v) is 8.55. The van der Waals surface area contributed by atoms with Crippen LogP contribution < -0.4 is 10.6 Å². The Morgan fingerprint density at radius 2 is 1.88 bits per heavy atom. The monoisotopic (exact) mass is 323 g/mol. The largest absolute Gasteiger partial charge is 0.325 e. The zero-order valence-corrected chi connectivity index (χ0v) is 14.2. The molecule has 0 unspecified atom stereocenters. The third kappa shape index (κ3) is 4.91. The normalized spacial score (nSPS) is 17.8. The summed E-state index contributed by atoms with van der Waals surface area (Å²) in [6.07, 6.45) is 1.09. The first-order valence-electron chi connectivity index (χ1n) is 8.55. The van der Waals surface area contributed by atoms with Gasteiger partial charge >= 0.3 is 0 Å². The number of hydrogen-bond acceptors (Lipinski definition) is 3. The van der Waals surface area contributed by atoms with Gasteiger partial charge in [0.05, 0.1) is 6.54 Å². The standard InChI is InChI=1S/C20H25N3O/c1-16-7-9-18(10-8-16)22-20(24)13-21-19-11-12-23(15-19)14-17-5-3-2-4-6-17/h2-10,19,21H,11-15H2,1H3,(H,22,24)/t19-/m1/s1. The third-order valence-corrected chi connectivity index (χ3v) is 4.41. The lowest BCUT2D eigenvalue weighted by molar-refractivity contribution is -0.115. The number of benzene rings is 2. The fourth-order valence-corrected chi connectivity index (χ4v) is 3.06. The molecule has 1 heterocycles. The maximum Gasteiger partial charge on any atom is 0.238 e. The van der Waals surface area contributed by atoms with Gasteiger partial charge in [0.2, 0.25) is 5.91 Å². The first-order chi connectivity index (χ1) is 11.7. The zero-order chi connectivity index (χ0) is 16.8. The Kier molecular flexibility index (Phi) is 5.62. The molecule has 1 aliphatic rings. The number of anilines is 1. The van der Waals surface area contributed by atoms with Crippen molar-refractivity contribution in [2.24, 2.45) is 0 Å². The van der Waals surface area contributed by atoms with Crippen molar-refractivity contribution >= 4 is 11.6 Å². The molecule has 1 saturated heterocycles. The van der Waals surface area contributed by atoms with Gasteiger partial charge in [-0.2, -0.15) is 0 Å².